The van der Waals surface area contributed by atoms with E-state index in [0.29, 0.717) is 25.3 Å². The fourth-order valence-corrected chi connectivity index (χ4v) is 3.47. The second kappa shape index (κ2) is 8.53. The first-order valence-corrected chi connectivity index (χ1v) is 8.93. The number of nitrogens with one attached hydrogen (secondary N) is 1. The summed E-state index contributed by atoms with van der Waals surface area (Å²) in [6.07, 6.45) is 1.81. The minimum Gasteiger partial charge on any atom is -0.333 e. The molecule has 1 fully saturated rings. The molecule has 3 heterocycles. The van der Waals surface area contributed by atoms with Gasteiger partial charge in [0, 0.05) is 32.3 Å². The van der Waals surface area contributed by atoms with E-state index in [4.69, 9.17) is 0 Å². The third-order valence-electron chi connectivity index (χ3n) is 4.82. The zero-order chi connectivity index (χ0) is 18.8. The number of hydrogen-bond acceptors (Lipinski definition) is 4. The van der Waals surface area contributed by atoms with Crippen LogP contribution in [0.5, 0.6) is 0 Å². The van der Waals surface area contributed by atoms with Gasteiger partial charge in [-0.1, -0.05) is 18.2 Å². The van der Waals surface area contributed by atoms with E-state index < -0.39 is 0 Å². The van der Waals surface area contributed by atoms with Crippen LogP contribution < -0.4 is 11.0 Å². The van der Waals surface area contributed by atoms with Crippen LogP contribution in [-0.2, 0) is 11.3 Å². The van der Waals surface area contributed by atoms with Crippen LogP contribution in [0.3, 0.4) is 0 Å². The highest BCUT2D eigenvalue weighted by Gasteiger charge is 2.28. The number of aryl methyl sites for hydroxylation is 1. The molecule has 0 bridgehead atoms. The van der Waals surface area contributed by atoms with Crippen LogP contribution in [-0.4, -0.2) is 44.6 Å². The number of amides is 1. The first kappa shape index (κ1) is 20.0. The summed E-state index contributed by atoms with van der Waals surface area (Å²) in [6, 6.07) is 11.4. The number of hydrogen-bond donors (Lipinski definition) is 1. The molecule has 0 spiro atoms. The van der Waals surface area contributed by atoms with Gasteiger partial charge in [-0.15, -0.1) is 17.5 Å². The van der Waals surface area contributed by atoms with Gasteiger partial charge in [0.25, 0.3) is 0 Å². The van der Waals surface area contributed by atoms with Crippen LogP contribution in [0, 0.1) is 5.82 Å². The smallest absolute Gasteiger partial charge is 0.333 e. The number of piperazine rings is 1. The van der Waals surface area contributed by atoms with Crippen LogP contribution in [0.25, 0.3) is 5.65 Å². The van der Waals surface area contributed by atoms with E-state index in [0.717, 1.165) is 5.56 Å². The van der Waals surface area contributed by atoms with Crippen molar-refractivity contribution >= 4 is 24.0 Å². The summed E-state index contributed by atoms with van der Waals surface area (Å²) in [5.74, 6) is -0.392. The van der Waals surface area contributed by atoms with Gasteiger partial charge >= 0.3 is 5.69 Å². The first-order valence-electron chi connectivity index (χ1n) is 8.93. The van der Waals surface area contributed by atoms with E-state index >= 15 is 0 Å². The Balaban J connectivity index is 0.00000225. The Morgan fingerprint density at radius 3 is 2.89 bits per heavy atom. The Morgan fingerprint density at radius 1 is 1.25 bits per heavy atom. The standard InChI is InChI=1S/C19H20FN5O2.ClH/c20-15-5-3-4-14(12-15)16-13-21-8-11-23(16)18(26)7-10-25-19(27)24-9-2-1-6-17(24)22-25;/h1-6,9,12,16,21H,7-8,10-11,13H2;1H. The predicted octanol–water partition coefficient (Wildman–Crippen LogP) is 1.62. The summed E-state index contributed by atoms with van der Waals surface area (Å²) < 4.78 is 16.4. The summed E-state index contributed by atoms with van der Waals surface area (Å²) >= 11 is 0. The SMILES string of the molecule is Cl.O=C(CCn1nc2ccccn2c1=O)N1CCNCC1c1cccc(F)c1. The van der Waals surface area contributed by atoms with Crippen LogP contribution >= 0.6 is 12.4 Å². The number of nitrogens with zero attached hydrogens (tertiary/aromatic N) is 4. The van der Waals surface area contributed by atoms with E-state index in [1.807, 2.05) is 12.1 Å². The van der Waals surface area contributed by atoms with E-state index in [9.17, 15) is 14.0 Å². The Morgan fingerprint density at radius 2 is 2.11 bits per heavy atom. The van der Waals surface area contributed by atoms with Gasteiger partial charge in [0.2, 0.25) is 5.91 Å². The van der Waals surface area contributed by atoms with Gasteiger partial charge in [-0.25, -0.2) is 13.9 Å². The van der Waals surface area contributed by atoms with Crippen molar-refractivity contribution < 1.29 is 9.18 Å². The average molecular weight is 406 g/mol. The minimum atomic E-state index is -0.318. The molecule has 2 aromatic heterocycles. The monoisotopic (exact) mass is 405 g/mol. The molecule has 1 aliphatic heterocycles. The second-order valence-corrected chi connectivity index (χ2v) is 6.55. The highest BCUT2D eigenvalue weighted by atomic mass is 35.5. The Kier molecular flexibility index (Phi) is 6.11. The molecule has 0 radical (unpaired) electrons. The molecular weight excluding hydrogens is 385 g/mol. The maximum atomic E-state index is 13.6. The zero-order valence-corrected chi connectivity index (χ0v) is 15.9. The summed E-state index contributed by atoms with van der Waals surface area (Å²) in [7, 11) is 0. The number of fused-ring (bicyclic) bond motifs is 1. The van der Waals surface area contributed by atoms with Gasteiger partial charge in [-0.05, 0) is 29.8 Å². The van der Waals surface area contributed by atoms with Gasteiger partial charge in [-0.3, -0.25) is 9.20 Å². The molecule has 0 aliphatic carbocycles. The molecule has 28 heavy (non-hydrogen) atoms. The zero-order valence-electron chi connectivity index (χ0n) is 15.1. The third-order valence-corrected chi connectivity index (χ3v) is 4.82. The molecular formula is C19H21ClFN5O2. The van der Waals surface area contributed by atoms with E-state index in [1.165, 1.54) is 21.2 Å². The maximum absolute atomic E-state index is 13.6. The molecule has 4 rings (SSSR count). The van der Waals surface area contributed by atoms with Crippen molar-refractivity contribution in [3.05, 3.63) is 70.5 Å². The third kappa shape index (κ3) is 3.93. The molecule has 1 atom stereocenters. The molecule has 3 aromatic rings. The molecule has 1 amide bonds. The summed E-state index contributed by atoms with van der Waals surface area (Å²) in [6.45, 7) is 2.01. The number of aromatic nitrogens is 3. The molecule has 148 valence electrons. The minimum absolute atomic E-state index is 0. The van der Waals surface area contributed by atoms with Crippen molar-refractivity contribution in [2.75, 3.05) is 19.6 Å². The lowest BCUT2D eigenvalue weighted by molar-refractivity contribution is -0.134. The van der Waals surface area contributed by atoms with E-state index in [-0.39, 0.29) is 48.8 Å². The van der Waals surface area contributed by atoms with Crippen LogP contribution in [0.1, 0.15) is 18.0 Å². The molecule has 9 heteroatoms. The molecule has 1 saturated heterocycles. The van der Waals surface area contributed by atoms with E-state index in [2.05, 4.69) is 10.4 Å². The number of pyridine rings is 1. The van der Waals surface area contributed by atoms with Crippen molar-refractivity contribution in [2.45, 2.75) is 19.0 Å². The van der Waals surface area contributed by atoms with Crippen LogP contribution in [0.4, 0.5) is 4.39 Å². The lowest BCUT2D eigenvalue weighted by Crippen LogP contribution is -2.49. The van der Waals surface area contributed by atoms with Crippen molar-refractivity contribution in [3.8, 4) is 0 Å². The van der Waals surface area contributed by atoms with Crippen molar-refractivity contribution in [2.24, 2.45) is 0 Å². The average Bonchev–Trinajstić information content (AvgIpc) is 3.02. The molecule has 1 unspecified atom stereocenters. The molecule has 0 saturated carbocycles. The fraction of sp³-hybridized carbons (Fsp3) is 0.316. The number of halogens is 2. The predicted molar refractivity (Wildman–Crippen MR) is 105 cm³/mol. The summed E-state index contributed by atoms with van der Waals surface area (Å²) in [5.41, 5.74) is 1.05. The lowest BCUT2D eigenvalue weighted by Gasteiger charge is -2.36. The number of carbonyl (C=O) groups is 1. The number of rotatable bonds is 4. The van der Waals surface area contributed by atoms with Gasteiger partial charge in [0.1, 0.15) is 5.82 Å². The first-order chi connectivity index (χ1) is 13.1. The van der Waals surface area contributed by atoms with Crippen LogP contribution in [0.2, 0.25) is 0 Å². The Labute approximate surface area is 167 Å². The number of carbonyl (C=O) groups excluding carboxylic acids is 1. The topological polar surface area (TPSA) is 71.6 Å². The van der Waals surface area contributed by atoms with Crippen molar-refractivity contribution in [1.82, 2.24) is 24.4 Å². The largest absolute Gasteiger partial charge is 0.350 e. The van der Waals surface area contributed by atoms with Crippen molar-refractivity contribution in [1.29, 1.82) is 0 Å². The van der Waals surface area contributed by atoms with Gasteiger partial charge in [0.15, 0.2) is 5.65 Å². The quantitative estimate of drug-likeness (QED) is 0.716. The maximum Gasteiger partial charge on any atom is 0.350 e. The van der Waals surface area contributed by atoms with Gasteiger partial charge in [-0.2, -0.15) is 0 Å². The van der Waals surface area contributed by atoms with Gasteiger partial charge < -0.3 is 10.2 Å². The van der Waals surface area contributed by atoms with Crippen molar-refractivity contribution in [3.63, 3.8) is 0 Å². The molecule has 1 N–H and O–H groups in total. The summed E-state index contributed by atoms with van der Waals surface area (Å²) in [4.78, 5) is 26.9. The molecule has 1 aromatic carbocycles. The highest BCUT2D eigenvalue weighted by molar-refractivity contribution is 5.85. The molecule has 1 aliphatic rings. The van der Waals surface area contributed by atoms with E-state index in [1.54, 1.807) is 29.3 Å². The normalized spacial score (nSPS) is 16.8. The van der Waals surface area contributed by atoms with Crippen LogP contribution in [0.15, 0.2) is 53.5 Å². The fourth-order valence-electron chi connectivity index (χ4n) is 3.47. The number of benzene rings is 1. The van der Waals surface area contributed by atoms with Gasteiger partial charge in [0.05, 0.1) is 12.6 Å². The second-order valence-electron chi connectivity index (χ2n) is 6.55. The summed E-state index contributed by atoms with van der Waals surface area (Å²) in [5, 5.41) is 7.50. The molecule has 7 nitrogen and oxygen atoms in total. The Hall–Kier alpha value is -2.71. The highest BCUT2D eigenvalue weighted by Crippen LogP contribution is 2.23. The lowest BCUT2D eigenvalue weighted by atomic mass is 10.0. The Bertz CT molecular complexity index is 1030.